The first-order valence-corrected chi connectivity index (χ1v) is 3.89. The van der Waals surface area contributed by atoms with Crippen LogP contribution < -0.4 is 10.4 Å². The minimum atomic E-state index is 0. The van der Waals surface area contributed by atoms with Crippen molar-refractivity contribution in [2.45, 2.75) is 6.42 Å². The molecule has 60 valence electrons. The molecule has 1 aromatic rings. The second kappa shape index (κ2) is 2.24. The number of phenols is 1. The fourth-order valence-corrected chi connectivity index (χ4v) is 1.57. The molecule has 0 spiro atoms. The topological polar surface area (TPSA) is 20.2 Å². The third kappa shape index (κ3) is 0.797. The van der Waals surface area contributed by atoms with Crippen LogP contribution in [0, 0.1) is 0 Å². The van der Waals surface area contributed by atoms with Crippen molar-refractivity contribution in [3.8, 4) is 5.75 Å². The van der Waals surface area contributed by atoms with Gasteiger partial charge in [-0.05, 0) is 28.8 Å². The number of aromatic hydroxyl groups is 1. The van der Waals surface area contributed by atoms with Crippen LogP contribution in [0.5, 0.6) is 5.75 Å². The lowest BCUT2D eigenvalue weighted by atomic mass is 10.1. The number of fused-ring (bicyclic) bond motifs is 1. The van der Waals surface area contributed by atoms with Crippen LogP contribution in [-0.4, -0.2) is 5.11 Å². The number of allylic oxidation sites excluding steroid dienone is 1. The van der Waals surface area contributed by atoms with Crippen LogP contribution in [0.2, 0.25) is 0 Å². The Bertz CT molecular complexity index is 460. The fourth-order valence-electron chi connectivity index (χ4n) is 1.57. The summed E-state index contributed by atoms with van der Waals surface area (Å²) in [7, 11) is 0. The highest BCUT2D eigenvalue weighted by atomic mass is 16.3. The number of phenolic OH excluding ortho intramolecular Hbond substituents is 1. The van der Waals surface area contributed by atoms with Crippen molar-refractivity contribution in [2.75, 3.05) is 0 Å². The van der Waals surface area contributed by atoms with E-state index >= 15 is 0 Å². The zero-order valence-corrected chi connectivity index (χ0v) is 6.80. The Balaban J connectivity index is 0.000000845. The van der Waals surface area contributed by atoms with Gasteiger partial charge in [0.1, 0.15) is 5.75 Å². The monoisotopic (exact) mass is 159 g/mol. The number of hydrogen-bond acceptors (Lipinski definition) is 1. The average Bonchev–Trinajstić information content (AvgIpc) is 2.48. The summed E-state index contributed by atoms with van der Waals surface area (Å²) in [4.78, 5) is 0. The van der Waals surface area contributed by atoms with E-state index in [0.29, 0.717) is 5.22 Å². The van der Waals surface area contributed by atoms with Gasteiger partial charge in [-0.1, -0.05) is 25.3 Å². The van der Waals surface area contributed by atoms with Gasteiger partial charge < -0.3 is 5.11 Å². The van der Waals surface area contributed by atoms with Gasteiger partial charge in [0.2, 0.25) is 0 Å². The summed E-state index contributed by atoms with van der Waals surface area (Å²) >= 11 is 0. The summed E-state index contributed by atoms with van der Waals surface area (Å²) < 4.78 is 0. The molecule has 1 aromatic carbocycles. The van der Waals surface area contributed by atoms with Crippen LogP contribution in [0.3, 0.4) is 0 Å². The van der Waals surface area contributed by atoms with Gasteiger partial charge in [0.25, 0.3) is 0 Å². The van der Waals surface area contributed by atoms with Crippen LogP contribution in [0.25, 0.3) is 19.2 Å². The molecule has 1 aliphatic carbocycles. The summed E-state index contributed by atoms with van der Waals surface area (Å²) in [6.07, 6.45) is 4.97. The van der Waals surface area contributed by atoms with Gasteiger partial charge in [0, 0.05) is 5.22 Å². The minimum Gasteiger partial charge on any atom is -0.507 e. The van der Waals surface area contributed by atoms with E-state index in [9.17, 15) is 5.11 Å². The Hall–Kier alpha value is -1.50. The zero-order valence-electron chi connectivity index (χ0n) is 7.80. The van der Waals surface area contributed by atoms with E-state index < -0.39 is 0 Å². The molecule has 0 unspecified atom stereocenters. The molecule has 0 aliphatic heterocycles. The van der Waals surface area contributed by atoms with Crippen molar-refractivity contribution in [3.05, 3.63) is 33.7 Å². The van der Waals surface area contributed by atoms with E-state index in [1.807, 2.05) is 6.08 Å². The largest absolute Gasteiger partial charge is 1.00 e. The summed E-state index contributed by atoms with van der Waals surface area (Å²) in [6.45, 7) is 7.67. The third-order valence-electron chi connectivity index (χ3n) is 2.26. The molecular weight excluding hydrogens is 148 g/mol. The summed E-state index contributed by atoms with van der Waals surface area (Å²) in [6, 6.07) is 1.67. The molecule has 0 radical (unpaired) electrons. The molecule has 2 rings (SSSR count). The molecule has 0 saturated heterocycles. The molecule has 0 amide bonds. The lowest BCUT2D eigenvalue weighted by Gasteiger charge is -2.01. The van der Waals surface area contributed by atoms with Gasteiger partial charge in [-0.2, -0.15) is 0 Å². The lowest BCUT2D eigenvalue weighted by molar-refractivity contribution is 0.470. The van der Waals surface area contributed by atoms with E-state index in [2.05, 4.69) is 19.2 Å². The van der Waals surface area contributed by atoms with E-state index in [4.69, 9.17) is 0 Å². The minimum absolute atomic E-state index is 0. The maximum atomic E-state index is 9.43. The highest BCUT2D eigenvalue weighted by molar-refractivity contribution is 5.63. The first kappa shape index (κ1) is 7.17. The fraction of sp³-hybridized carbons (Fsp3) is 0.0909. The maximum Gasteiger partial charge on any atom is 1.00 e. The zero-order chi connectivity index (χ0) is 8.72. The van der Waals surface area contributed by atoms with Gasteiger partial charge in [-0.15, -0.1) is 0 Å². The normalized spacial score (nSPS) is 13.3. The summed E-state index contributed by atoms with van der Waals surface area (Å²) in [5.41, 5.74) is 2.23. The molecule has 1 N–H and O–H groups in total. The van der Waals surface area contributed by atoms with Crippen molar-refractivity contribution in [2.24, 2.45) is 0 Å². The molecule has 0 fully saturated rings. The maximum absolute atomic E-state index is 9.43. The SMILES string of the molecule is C=c1cc(O)c(=C)c2c1CC=C2.[H+]. The summed E-state index contributed by atoms with van der Waals surface area (Å²) in [5, 5.41) is 11.0. The van der Waals surface area contributed by atoms with Crippen LogP contribution in [0.15, 0.2) is 12.1 Å². The first-order chi connectivity index (χ1) is 5.70. The van der Waals surface area contributed by atoms with Crippen molar-refractivity contribution < 1.29 is 6.53 Å². The molecule has 1 heteroatoms. The summed E-state index contributed by atoms with van der Waals surface area (Å²) in [5.74, 6) is 0.241. The highest BCUT2D eigenvalue weighted by Crippen LogP contribution is 2.13. The van der Waals surface area contributed by atoms with Crippen LogP contribution in [0.4, 0.5) is 0 Å². The predicted molar refractivity (Wildman–Crippen MR) is 52.3 cm³/mol. The highest BCUT2D eigenvalue weighted by Gasteiger charge is 2.08. The second-order valence-corrected chi connectivity index (χ2v) is 3.03. The Morgan fingerprint density at radius 1 is 1.42 bits per heavy atom. The van der Waals surface area contributed by atoms with Crippen molar-refractivity contribution in [1.29, 1.82) is 0 Å². The molecule has 0 aromatic heterocycles. The molecule has 1 nitrogen and oxygen atoms in total. The quantitative estimate of drug-likeness (QED) is 0.596. The predicted octanol–water partition coefficient (Wildman–Crippen LogP) is 0.895. The van der Waals surface area contributed by atoms with Gasteiger partial charge >= 0.3 is 1.43 Å². The average molecular weight is 159 g/mol. The van der Waals surface area contributed by atoms with Gasteiger partial charge in [-0.25, -0.2) is 0 Å². The lowest BCUT2D eigenvalue weighted by Crippen LogP contribution is -2.15. The van der Waals surface area contributed by atoms with E-state index in [1.165, 1.54) is 5.56 Å². The number of benzene rings is 1. The Kier molecular flexibility index (Phi) is 1.34. The Morgan fingerprint density at radius 2 is 2.17 bits per heavy atom. The van der Waals surface area contributed by atoms with Gasteiger partial charge in [-0.3, -0.25) is 0 Å². The molecule has 0 atom stereocenters. The smallest absolute Gasteiger partial charge is 0.507 e. The van der Waals surface area contributed by atoms with E-state index in [-0.39, 0.29) is 7.18 Å². The third-order valence-corrected chi connectivity index (χ3v) is 2.26. The van der Waals surface area contributed by atoms with Crippen LogP contribution in [-0.2, 0) is 6.42 Å². The molecule has 1 aliphatic rings. The molecule has 0 saturated carbocycles. The van der Waals surface area contributed by atoms with Crippen molar-refractivity contribution >= 4 is 19.2 Å². The van der Waals surface area contributed by atoms with Gasteiger partial charge in [0.05, 0.1) is 0 Å². The molecule has 0 bridgehead atoms. The standard InChI is InChI=1S/C11H10O/c1-7-6-11(12)8(2)10-5-3-4-9(7)10/h3,5-6,12H,1-2,4H2/p+1. The van der Waals surface area contributed by atoms with E-state index in [0.717, 1.165) is 17.2 Å². The van der Waals surface area contributed by atoms with Crippen LogP contribution in [0.1, 0.15) is 12.6 Å². The first-order valence-electron chi connectivity index (χ1n) is 3.89. The number of hydrogen-bond donors (Lipinski definition) is 1. The Labute approximate surface area is 72.5 Å². The van der Waals surface area contributed by atoms with Gasteiger partial charge in [0.15, 0.2) is 0 Å². The molecular formula is C11H11O+. The molecule has 0 heterocycles. The Morgan fingerprint density at radius 3 is 2.92 bits per heavy atom. The van der Waals surface area contributed by atoms with E-state index in [1.54, 1.807) is 6.07 Å². The second-order valence-electron chi connectivity index (χ2n) is 3.03. The van der Waals surface area contributed by atoms with Crippen molar-refractivity contribution in [3.63, 3.8) is 0 Å². The number of rotatable bonds is 0. The van der Waals surface area contributed by atoms with Crippen molar-refractivity contribution in [1.82, 2.24) is 0 Å². The van der Waals surface area contributed by atoms with Crippen LogP contribution >= 0.6 is 0 Å². The molecule has 12 heavy (non-hydrogen) atoms.